The summed E-state index contributed by atoms with van der Waals surface area (Å²) < 4.78 is 0. The number of hydrogen-bond acceptors (Lipinski definition) is 4. The molecule has 0 aliphatic rings. The lowest BCUT2D eigenvalue weighted by molar-refractivity contribution is -0.157. The number of rotatable bonds is 5. The van der Waals surface area contributed by atoms with Crippen molar-refractivity contribution in [1.82, 2.24) is 4.98 Å². The molecule has 3 aromatic rings. The van der Waals surface area contributed by atoms with Gasteiger partial charge in [-0.1, -0.05) is 48.5 Å². The monoisotopic (exact) mass is 370 g/mol. The predicted molar refractivity (Wildman–Crippen MR) is 101 cm³/mol. The highest BCUT2D eigenvalue weighted by atomic mass is 16.4. The van der Waals surface area contributed by atoms with Gasteiger partial charge >= 0.3 is 11.9 Å². The second-order valence-electron chi connectivity index (χ2n) is 6.25. The first-order chi connectivity index (χ1) is 12.7. The Labute approximate surface area is 156 Å². The molecule has 2 atom stereocenters. The number of carbonyl (C=O) groups is 2. The van der Waals surface area contributed by atoms with E-state index < -0.39 is 23.6 Å². The highest BCUT2D eigenvalue weighted by molar-refractivity contribution is 5.84. The minimum Gasteiger partial charge on any atom is -0.480 e. The molecule has 0 aliphatic carbocycles. The van der Waals surface area contributed by atoms with Crippen molar-refractivity contribution in [3.8, 4) is 0 Å². The largest absolute Gasteiger partial charge is 0.480 e. The van der Waals surface area contributed by atoms with Gasteiger partial charge in [0, 0.05) is 23.5 Å². The lowest BCUT2D eigenvalue weighted by Gasteiger charge is -2.17. The molecule has 142 valence electrons. The number of carboxylic acids is 2. The van der Waals surface area contributed by atoms with Gasteiger partial charge in [-0.3, -0.25) is 4.79 Å². The average molecular weight is 370 g/mol. The molecule has 3 rings (SSSR count). The summed E-state index contributed by atoms with van der Waals surface area (Å²) in [4.78, 5) is 24.3. The van der Waals surface area contributed by atoms with E-state index >= 15 is 0 Å². The van der Waals surface area contributed by atoms with Gasteiger partial charge in [-0.2, -0.15) is 0 Å². The van der Waals surface area contributed by atoms with Crippen molar-refractivity contribution in [2.24, 2.45) is 5.73 Å². The van der Waals surface area contributed by atoms with Crippen molar-refractivity contribution >= 4 is 22.8 Å². The molecule has 7 nitrogen and oxygen atoms in total. The van der Waals surface area contributed by atoms with Gasteiger partial charge in [0.15, 0.2) is 5.60 Å². The number of nitrogens with two attached hydrogens (primary N) is 1. The Hall–Kier alpha value is -3.16. The van der Waals surface area contributed by atoms with Crippen molar-refractivity contribution in [3.63, 3.8) is 0 Å². The van der Waals surface area contributed by atoms with Gasteiger partial charge in [-0.25, -0.2) is 4.79 Å². The van der Waals surface area contributed by atoms with Crippen molar-refractivity contribution < 1.29 is 24.9 Å². The summed E-state index contributed by atoms with van der Waals surface area (Å²) >= 11 is 0. The number of hydrogen-bond donors (Lipinski definition) is 5. The Morgan fingerprint density at radius 1 is 1.07 bits per heavy atom. The second kappa shape index (κ2) is 8.48. The van der Waals surface area contributed by atoms with Gasteiger partial charge in [-0.05, 0) is 24.1 Å². The van der Waals surface area contributed by atoms with E-state index in [0.717, 1.165) is 16.5 Å². The molecule has 0 aliphatic heterocycles. The number of aromatic amines is 1. The van der Waals surface area contributed by atoms with Gasteiger partial charge < -0.3 is 26.0 Å². The summed E-state index contributed by atoms with van der Waals surface area (Å²) in [7, 11) is 0. The summed E-state index contributed by atoms with van der Waals surface area (Å²) in [5.41, 5.74) is 6.03. The summed E-state index contributed by atoms with van der Waals surface area (Å²) in [6, 6.07) is 15.2. The Kier molecular flexibility index (Phi) is 6.33. The highest BCUT2D eigenvalue weighted by Crippen LogP contribution is 2.20. The maximum atomic E-state index is 10.6. The number of aromatic nitrogens is 1. The number of fused-ring (bicyclic) bond motifs is 1. The Balaban J connectivity index is 0.000000199. The van der Waals surface area contributed by atoms with Crippen LogP contribution in [0.5, 0.6) is 0 Å². The van der Waals surface area contributed by atoms with Crippen molar-refractivity contribution in [2.75, 3.05) is 0 Å². The third-order valence-electron chi connectivity index (χ3n) is 4.18. The van der Waals surface area contributed by atoms with E-state index in [4.69, 9.17) is 15.9 Å². The number of H-pyrrole nitrogens is 1. The number of benzene rings is 2. The molecule has 0 bridgehead atoms. The summed E-state index contributed by atoms with van der Waals surface area (Å²) in [5, 5.41) is 27.9. The van der Waals surface area contributed by atoms with Crippen LogP contribution in [0.2, 0.25) is 0 Å². The van der Waals surface area contributed by atoms with E-state index in [1.54, 1.807) is 30.3 Å². The van der Waals surface area contributed by atoms with Crippen LogP contribution < -0.4 is 5.73 Å². The average Bonchev–Trinajstić information content (AvgIpc) is 3.06. The van der Waals surface area contributed by atoms with E-state index in [-0.39, 0.29) is 0 Å². The summed E-state index contributed by atoms with van der Waals surface area (Å²) in [6.07, 6.45) is 2.16. The molecule has 7 heteroatoms. The second-order valence-corrected chi connectivity index (χ2v) is 6.25. The van der Waals surface area contributed by atoms with E-state index in [0.29, 0.717) is 12.0 Å². The van der Waals surface area contributed by atoms with Gasteiger partial charge in [0.05, 0.1) is 0 Å². The van der Waals surface area contributed by atoms with E-state index in [1.165, 1.54) is 6.92 Å². The van der Waals surface area contributed by atoms with Crippen LogP contribution in [0.25, 0.3) is 10.9 Å². The maximum Gasteiger partial charge on any atom is 0.340 e. The Bertz CT molecular complexity index is 918. The van der Waals surface area contributed by atoms with Crippen LogP contribution in [0.15, 0.2) is 60.8 Å². The number of para-hydroxylation sites is 1. The Morgan fingerprint density at radius 2 is 1.67 bits per heavy atom. The first-order valence-electron chi connectivity index (χ1n) is 8.28. The minimum absolute atomic E-state index is 0.347. The van der Waals surface area contributed by atoms with E-state index in [2.05, 4.69) is 4.98 Å². The molecule has 2 aromatic carbocycles. The van der Waals surface area contributed by atoms with Gasteiger partial charge in [0.25, 0.3) is 0 Å². The lowest BCUT2D eigenvalue weighted by atomic mass is 9.97. The zero-order chi connectivity index (χ0) is 20.0. The zero-order valence-corrected chi connectivity index (χ0v) is 14.8. The molecule has 1 heterocycles. The lowest BCUT2D eigenvalue weighted by Crippen LogP contribution is -2.32. The standard InChI is InChI=1S/C11H12N2O2.C9H10O3/c12-9(11(14)15)5-7-6-13-10-4-2-1-3-8(7)10;1-9(12,8(10)11)7-5-3-2-4-6-7/h1-4,6,9,13H,5,12H2,(H,14,15);2-6,12H,1H3,(H,10,11). The highest BCUT2D eigenvalue weighted by Gasteiger charge is 2.31. The predicted octanol–water partition coefficient (Wildman–Crippen LogP) is 2.10. The number of nitrogens with one attached hydrogen (secondary N) is 1. The van der Waals surface area contributed by atoms with Crippen LogP contribution in [0.3, 0.4) is 0 Å². The topological polar surface area (TPSA) is 137 Å². The molecule has 2 unspecified atom stereocenters. The van der Waals surface area contributed by atoms with Crippen LogP contribution in [-0.2, 0) is 21.6 Å². The van der Waals surface area contributed by atoms with E-state index in [1.807, 2.05) is 30.5 Å². The summed E-state index contributed by atoms with van der Waals surface area (Å²) in [5.74, 6) is -2.21. The van der Waals surface area contributed by atoms with Crippen LogP contribution in [0.1, 0.15) is 18.1 Å². The third kappa shape index (κ3) is 4.93. The minimum atomic E-state index is -1.79. The van der Waals surface area contributed by atoms with Crippen LogP contribution >= 0.6 is 0 Å². The number of carboxylic acid groups (broad SMARTS) is 2. The van der Waals surface area contributed by atoms with Crippen LogP contribution in [0, 0.1) is 0 Å². The molecule has 0 spiro atoms. The molecule has 0 radical (unpaired) electrons. The van der Waals surface area contributed by atoms with Crippen molar-refractivity contribution in [2.45, 2.75) is 25.0 Å². The molecule has 1 aromatic heterocycles. The fraction of sp³-hybridized carbons (Fsp3) is 0.200. The fourth-order valence-corrected chi connectivity index (χ4v) is 2.51. The molecule has 0 fully saturated rings. The molecular formula is C20H22N2O5. The molecular weight excluding hydrogens is 348 g/mol. The fourth-order valence-electron chi connectivity index (χ4n) is 2.51. The normalized spacial score (nSPS) is 13.9. The first-order valence-corrected chi connectivity index (χ1v) is 8.28. The third-order valence-corrected chi connectivity index (χ3v) is 4.18. The summed E-state index contributed by atoms with van der Waals surface area (Å²) in [6.45, 7) is 1.25. The molecule has 0 amide bonds. The Morgan fingerprint density at radius 3 is 2.26 bits per heavy atom. The first kappa shape index (κ1) is 20.2. The van der Waals surface area contributed by atoms with Gasteiger partial charge in [0.1, 0.15) is 6.04 Å². The molecule has 6 N–H and O–H groups in total. The SMILES string of the molecule is CC(O)(C(=O)O)c1ccccc1.NC(Cc1c[nH]c2ccccc12)C(=O)O. The maximum absolute atomic E-state index is 10.6. The van der Waals surface area contributed by atoms with Crippen molar-refractivity contribution in [1.29, 1.82) is 0 Å². The van der Waals surface area contributed by atoms with E-state index in [9.17, 15) is 14.7 Å². The number of aliphatic carboxylic acids is 2. The van der Waals surface area contributed by atoms with Crippen molar-refractivity contribution in [3.05, 3.63) is 71.9 Å². The quantitative estimate of drug-likeness (QED) is 0.466. The zero-order valence-electron chi connectivity index (χ0n) is 14.8. The smallest absolute Gasteiger partial charge is 0.340 e. The van der Waals surface area contributed by atoms with Gasteiger partial charge in [-0.15, -0.1) is 0 Å². The molecule has 0 saturated carbocycles. The molecule has 0 saturated heterocycles. The molecule has 27 heavy (non-hydrogen) atoms. The van der Waals surface area contributed by atoms with Gasteiger partial charge in [0.2, 0.25) is 0 Å². The van der Waals surface area contributed by atoms with Crippen LogP contribution in [-0.4, -0.2) is 38.3 Å². The number of aliphatic hydroxyl groups is 1. The van der Waals surface area contributed by atoms with Crippen LogP contribution in [0.4, 0.5) is 0 Å².